The van der Waals surface area contributed by atoms with Crippen molar-refractivity contribution < 1.29 is 23.0 Å². The molecule has 3 rings (SSSR count). The topological polar surface area (TPSA) is 74.4 Å². The molecule has 0 aliphatic heterocycles. The fraction of sp³-hybridized carbons (Fsp3) is 0.222. The number of rotatable bonds is 5. The molecule has 1 aromatic carbocycles. The van der Waals surface area contributed by atoms with Gasteiger partial charge in [0.15, 0.2) is 11.5 Å². The standard InChI is InChI=1S/C18H16F2N2O3S/c1-8-6-10(17(19)20)13-14(21)16(26-18(13)22-8)15(23)9-4-5-11(24-2)12(7-9)25-3/h4-7,17H,21H2,1-3H3. The number of hydrogen-bond acceptors (Lipinski definition) is 6. The summed E-state index contributed by atoms with van der Waals surface area (Å²) in [5.41, 5.74) is 6.62. The highest BCUT2D eigenvalue weighted by molar-refractivity contribution is 7.21. The summed E-state index contributed by atoms with van der Waals surface area (Å²) in [4.78, 5) is 17.6. The minimum atomic E-state index is -2.71. The number of halogens is 2. The third-order valence-electron chi connectivity index (χ3n) is 3.94. The monoisotopic (exact) mass is 378 g/mol. The minimum absolute atomic E-state index is 0.0209. The molecule has 0 fully saturated rings. The number of ketones is 1. The van der Waals surface area contributed by atoms with Crippen LogP contribution in [0.15, 0.2) is 24.3 Å². The van der Waals surface area contributed by atoms with Crippen LogP contribution in [-0.4, -0.2) is 25.0 Å². The fourth-order valence-corrected chi connectivity index (χ4v) is 3.86. The number of alkyl halides is 2. The van der Waals surface area contributed by atoms with Gasteiger partial charge in [0, 0.05) is 22.2 Å². The third kappa shape index (κ3) is 2.96. The van der Waals surface area contributed by atoms with Gasteiger partial charge >= 0.3 is 0 Å². The normalized spacial score (nSPS) is 11.2. The van der Waals surface area contributed by atoms with Gasteiger partial charge in [-0.1, -0.05) is 0 Å². The van der Waals surface area contributed by atoms with Gasteiger partial charge in [0.05, 0.1) is 19.9 Å². The Morgan fingerprint density at radius 2 is 1.88 bits per heavy atom. The molecule has 3 aromatic rings. The van der Waals surface area contributed by atoms with Crippen molar-refractivity contribution in [3.8, 4) is 11.5 Å². The summed E-state index contributed by atoms with van der Waals surface area (Å²) in [5.74, 6) is 0.482. The van der Waals surface area contributed by atoms with Gasteiger partial charge in [0.25, 0.3) is 6.43 Å². The molecule has 2 aromatic heterocycles. The van der Waals surface area contributed by atoms with E-state index in [4.69, 9.17) is 15.2 Å². The van der Waals surface area contributed by atoms with E-state index in [0.29, 0.717) is 27.6 Å². The molecule has 2 N–H and O–H groups in total. The minimum Gasteiger partial charge on any atom is -0.493 e. The van der Waals surface area contributed by atoms with Crippen LogP contribution < -0.4 is 15.2 Å². The van der Waals surface area contributed by atoms with Gasteiger partial charge in [-0.05, 0) is 31.2 Å². The highest BCUT2D eigenvalue weighted by Gasteiger charge is 2.24. The van der Waals surface area contributed by atoms with E-state index in [1.54, 1.807) is 19.1 Å². The summed E-state index contributed by atoms with van der Waals surface area (Å²) in [6.45, 7) is 1.62. The first-order chi connectivity index (χ1) is 12.4. The number of carbonyl (C=O) groups excluding carboxylic acids is 1. The molecule has 0 radical (unpaired) electrons. The molecule has 0 aliphatic rings. The van der Waals surface area contributed by atoms with Crippen molar-refractivity contribution in [2.75, 3.05) is 20.0 Å². The van der Waals surface area contributed by atoms with Crippen LogP contribution in [0.25, 0.3) is 10.2 Å². The van der Waals surface area contributed by atoms with Gasteiger partial charge in [-0.2, -0.15) is 0 Å². The molecule has 0 bridgehead atoms. The van der Waals surface area contributed by atoms with E-state index in [0.717, 1.165) is 11.3 Å². The summed E-state index contributed by atoms with van der Waals surface area (Å²) >= 11 is 1.00. The number of fused-ring (bicyclic) bond motifs is 1. The average Bonchev–Trinajstić information content (AvgIpc) is 2.95. The van der Waals surface area contributed by atoms with Crippen LogP contribution in [0.3, 0.4) is 0 Å². The smallest absolute Gasteiger partial charge is 0.264 e. The second-order valence-electron chi connectivity index (χ2n) is 5.58. The first-order valence-electron chi connectivity index (χ1n) is 7.61. The highest BCUT2D eigenvalue weighted by atomic mass is 32.1. The predicted octanol–water partition coefficient (Wildman–Crippen LogP) is 4.37. The summed E-state index contributed by atoms with van der Waals surface area (Å²) in [6.07, 6.45) is -2.71. The fourth-order valence-electron chi connectivity index (χ4n) is 2.73. The summed E-state index contributed by atoms with van der Waals surface area (Å²) < 4.78 is 37.1. The SMILES string of the molecule is COc1ccc(C(=O)c2sc3nc(C)cc(C(F)F)c3c2N)cc1OC. The van der Waals surface area contributed by atoms with Crippen LogP contribution in [-0.2, 0) is 0 Å². The zero-order valence-electron chi connectivity index (χ0n) is 14.3. The maximum absolute atomic E-state index is 13.4. The molecule has 0 saturated carbocycles. The molecule has 0 unspecified atom stereocenters. The van der Waals surface area contributed by atoms with Crippen molar-refractivity contribution >= 4 is 33.0 Å². The number of nitrogens with zero attached hydrogens (tertiary/aromatic N) is 1. The second kappa shape index (κ2) is 6.87. The number of pyridine rings is 1. The zero-order chi connectivity index (χ0) is 19.0. The Kier molecular flexibility index (Phi) is 4.78. The zero-order valence-corrected chi connectivity index (χ0v) is 15.1. The van der Waals surface area contributed by atoms with Crippen LogP contribution in [0.5, 0.6) is 11.5 Å². The van der Waals surface area contributed by atoms with E-state index in [1.165, 1.54) is 26.4 Å². The molecule has 2 heterocycles. The lowest BCUT2D eigenvalue weighted by Gasteiger charge is -2.09. The predicted molar refractivity (Wildman–Crippen MR) is 96.7 cm³/mol. The van der Waals surface area contributed by atoms with E-state index in [9.17, 15) is 13.6 Å². The number of thiophene rings is 1. The Labute approximate surface area is 152 Å². The quantitative estimate of drug-likeness (QED) is 0.667. The summed E-state index contributed by atoms with van der Waals surface area (Å²) in [5, 5.41) is 0.138. The van der Waals surface area contributed by atoms with E-state index >= 15 is 0 Å². The number of methoxy groups -OCH3 is 2. The maximum atomic E-state index is 13.4. The van der Waals surface area contributed by atoms with Gasteiger partial charge in [0.1, 0.15) is 9.71 Å². The number of carbonyl (C=O) groups is 1. The molecule has 136 valence electrons. The number of benzene rings is 1. The van der Waals surface area contributed by atoms with Crippen LogP contribution in [0.2, 0.25) is 0 Å². The van der Waals surface area contributed by atoms with Gasteiger partial charge in [-0.3, -0.25) is 4.79 Å². The maximum Gasteiger partial charge on any atom is 0.264 e. The molecule has 5 nitrogen and oxygen atoms in total. The van der Waals surface area contributed by atoms with E-state index in [-0.39, 0.29) is 27.3 Å². The number of ether oxygens (including phenoxy) is 2. The van der Waals surface area contributed by atoms with Crippen LogP contribution in [0.1, 0.15) is 32.9 Å². The van der Waals surface area contributed by atoms with Crippen molar-refractivity contribution in [3.05, 3.63) is 46.0 Å². The number of aromatic nitrogens is 1. The van der Waals surface area contributed by atoms with E-state index < -0.39 is 6.43 Å². The van der Waals surface area contributed by atoms with Crippen molar-refractivity contribution in [1.29, 1.82) is 0 Å². The molecule has 0 aliphatic carbocycles. The van der Waals surface area contributed by atoms with Crippen LogP contribution >= 0.6 is 11.3 Å². The first-order valence-corrected chi connectivity index (χ1v) is 8.43. The van der Waals surface area contributed by atoms with Crippen molar-refractivity contribution in [2.24, 2.45) is 0 Å². The molecule has 0 spiro atoms. The Bertz CT molecular complexity index is 1000. The molecule has 0 amide bonds. The molecule has 8 heteroatoms. The molecule has 0 atom stereocenters. The number of hydrogen-bond donors (Lipinski definition) is 1. The Hall–Kier alpha value is -2.74. The first kappa shape index (κ1) is 18.1. The van der Waals surface area contributed by atoms with E-state index in [1.807, 2.05) is 0 Å². The van der Waals surface area contributed by atoms with Crippen LogP contribution in [0, 0.1) is 6.92 Å². The number of nitrogens with two attached hydrogens (primary N) is 1. The van der Waals surface area contributed by atoms with Crippen LogP contribution in [0.4, 0.5) is 14.5 Å². The van der Waals surface area contributed by atoms with E-state index in [2.05, 4.69) is 4.98 Å². The Morgan fingerprint density at radius 3 is 2.50 bits per heavy atom. The largest absolute Gasteiger partial charge is 0.493 e. The highest BCUT2D eigenvalue weighted by Crippen LogP contribution is 2.40. The molecule has 26 heavy (non-hydrogen) atoms. The Balaban J connectivity index is 2.15. The molecule has 0 saturated heterocycles. The van der Waals surface area contributed by atoms with Crippen molar-refractivity contribution in [1.82, 2.24) is 4.98 Å². The lowest BCUT2D eigenvalue weighted by molar-refractivity contribution is 0.104. The summed E-state index contributed by atoms with van der Waals surface area (Å²) in [7, 11) is 2.95. The van der Waals surface area contributed by atoms with Gasteiger partial charge in [-0.25, -0.2) is 13.8 Å². The molecular weight excluding hydrogens is 362 g/mol. The second-order valence-corrected chi connectivity index (χ2v) is 6.58. The summed E-state index contributed by atoms with van der Waals surface area (Å²) in [6, 6.07) is 5.99. The average molecular weight is 378 g/mol. The number of aryl methyl sites for hydroxylation is 1. The van der Waals surface area contributed by atoms with Gasteiger partial charge in [0.2, 0.25) is 5.78 Å². The number of nitrogen functional groups attached to an aromatic ring is 1. The van der Waals surface area contributed by atoms with Gasteiger partial charge in [-0.15, -0.1) is 11.3 Å². The van der Waals surface area contributed by atoms with Gasteiger partial charge < -0.3 is 15.2 Å². The lowest BCUT2D eigenvalue weighted by Crippen LogP contribution is -2.03. The Morgan fingerprint density at radius 1 is 1.19 bits per heavy atom. The lowest BCUT2D eigenvalue weighted by atomic mass is 10.1. The van der Waals surface area contributed by atoms with Crippen molar-refractivity contribution in [2.45, 2.75) is 13.3 Å². The third-order valence-corrected chi connectivity index (χ3v) is 5.04. The van der Waals surface area contributed by atoms with Crippen molar-refractivity contribution in [3.63, 3.8) is 0 Å². The number of anilines is 1. The molecular formula is C18H16F2N2O3S.